The molecule has 9 heteroatoms. The number of halogens is 3. The van der Waals surface area contributed by atoms with E-state index in [9.17, 15) is 18.4 Å². The number of nitriles is 1. The van der Waals surface area contributed by atoms with E-state index in [1.807, 2.05) is 18.2 Å². The zero-order chi connectivity index (χ0) is 22.1. The van der Waals surface area contributed by atoms with Gasteiger partial charge >= 0.3 is 0 Å². The summed E-state index contributed by atoms with van der Waals surface area (Å²) in [4.78, 5) is 25.6. The van der Waals surface area contributed by atoms with Crippen molar-refractivity contribution in [3.63, 3.8) is 0 Å². The van der Waals surface area contributed by atoms with Crippen LogP contribution in [0.1, 0.15) is 44.6 Å². The topological polar surface area (TPSA) is 85.2 Å². The third-order valence-corrected chi connectivity index (χ3v) is 5.71. The van der Waals surface area contributed by atoms with Crippen molar-refractivity contribution in [3.05, 3.63) is 34.9 Å². The van der Waals surface area contributed by atoms with Crippen LogP contribution in [-0.2, 0) is 9.59 Å². The fraction of sp³-hybridized carbons (Fsp3) is 0.571. The maximum Gasteiger partial charge on any atom is 0.268 e. The van der Waals surface area contributed by atoms with Crippen molar-refractivity contribution < 1.29 is 18.4 Å². The molecule has 2 fully saturated rings. The van der Waals surface area contributed by atoms with Gasteiger partial charge < -0.3 is 15.5 Å². The smallest absolute Gasteiger partial charge is 0.268 e. The van der Waals surface area contributed by atoms with Gasteiger partial charge in [0.05, 0.1) is 19.2 Å². The summed E-state index contributed by atoms with van der Waals surface area (Å²) < 4.78 is 27.0. The molecule has 162 valence electrons. The first-order chi connectivity index (χ1) is 14.0. The summed E-state index contributed by atoms with van der Waals surface area (Å²) in [5.74, 6) is -3.53. The highest BCUT2D eigenvalue weighted by molar-refractivity contribution is 6.30. The van der Waals surface area contributed by atoms with Crippen LogP contribution in [0.25, 0.3) is 0 Å². The average Bonchev–Trinajstić information content (AvgIpc) is 3.33. The highest BCUT2D eigenvalue weighted by atomic mass is 35.5. The van der Waals surface area contributed by atoms with Gasteiger partial charge in [0.15, 0.2) is 0 Å². The molecule has 1 heterocycles. The Balaban J connectivity index is 1.45. The number of amides is 2. The molecular formula is C21H25ClF2N4O2. The first kappa shape index (κ1) is 22.4. The number of nitrogens with one attached hydrogen (secondary N) is 2. The zero-order valence-corrected chi connectivity index (χ0v) is 17.7. The zero-order valence-electron chi connectivity index (χ0n) is 16.9. The fourth-order valence-electron chi connectivity index (χ4n) is 3.79. The summed E-state index contributed by atoms with van der Waals surface area (Å²) >= 11 is 6.01. The lowest BCUT2D eigenvalue weighted by molar-refractivity contribution is -0.132. The number of nitrogens with zero attached hydrogens (tertiary/aromatic N) is 2. The van der Waals surface area contributed by atoms with E-state index < -0.39 is 36.4 Å². The molecule has 1 saturated heterocycles. The van der Waals surface area contributed by atoms with Crippen LogP contribution in [-0.4, -0.2) is 53.3 Å². The Morgan fingerprint density at radius 1 is 1.40 bits per heavy atom. The maximum atomic E-state index is 13.5. The van der Waals surface area contributed by atoms with E-state index in [2.05, 4.69) is 10.6 Å². The minimum atomic E-state index is -3.05. The lowest BCUT2D eigenvalue weighted by atomic mass is 10.00. The number of hydrogen-bond acceptors (Lipinski definition) is 4. The molecule has 2 amide bonds. The van der Waals surface area contributed by atoms with Crippen LogP contribution >= 0.6 is 11.6 Å². The van der Waals surface area contributed by atoms with Crippen LogP contribution in [0.4, 0.5) is 8.78 Å². The lowest BCUT2D eigenvalue weighted by Gasteiger charge is -2.27. The predicted molar refractivity (Wildman–Crippen MR) is 108 cm³/mol. The van der Waals surface area contributed by atoms with E-state index in [0.29, 0.717) is 5.02 Å². The Morgan fingerprint density at radius 3 is 2.80 bits per heavy atom. The van der Waals surface area contributed by atoms with Crippen molar-refractivity contribution >= 4 is 23.4 Å². The maximum absolute atomic E-state index is 13.5. The number of rotatable bonds is 7. The van der Waals surface area contributed by atoms with Gasteiger partial charge in [0.1, 0.15) is 6.04 Å². The summed E-state index contributed by atoms with van der Waals surface area (Å²) in [6.07, 6.45) is 0.324. The first-order valence-corrected chi connectivity index (χ1v) is 10.2. The Labute approximate surface area is 179 Å². The number of benzene rings is 1. The van der Waals surface area contributed by atoms with Gasteiger partial charge in [0.25, 0.3) is 5.92 Å². The SMILES string of the molecule is CC(C)(CC(=O)N[C@H]1C[C@@H]1c1cccc(Cl)c1)NCC(=O)N1CC(F)(F)C[C@H]1C#N. The molecule has 30 heavy (non-hydrogen) atoms. The summed E-state index contributed by atoms with van der Waals surface area (Å²) in [5.41, 5.74) is 0.370. The highest BCUT2D eigenvalue weighted by Crippen LogP contribution is 2.41. The number of alkyl halides is 2. The van der Waals surface area contributed by atoms with Crippen molar-refractivity contribution in [2.75, 3.05) is 13.1 Å². The van der Waals surface area contributed by atoms with E-state index in [1.165, 1.54) is 0 Å². The molecule has 1 aliphatic carbocycles. The molecule has 0 unspecified atom stereocenters. The van der Waals surface area contributed by atoms with Crippen molar-refractivity contribution in [3.8, 4) is 6.07 Å². The van der Waals surface area contributed by atoms with Crippen LogP contribution in [0.15, 0.2) is 24.3 Å². The minimum Gasteiger partial charge on any atom is -0.353 e. The van der Waals surface area contributed by atoms with Gasteiger partial charge in [0, 0.05) is 35.4 Å². The quantitative estimate of drug-likeness (QED) is 0.685. The molecule has 1 aliphatic heterocycles. The summed E-state index contributed by atoms with van der Waals surface area (Å²) in [5, 5.41) is 15.6. The van der Waals surface area contributed by atoms with Crippen molar-refractivity contribution in [2.24, 2.45) is 0 Å². The molecule has 3 atom stereocenters. The lowest BCUT2D eigenvalue weighted by Crippen LogP contribution is -2.49. The highest BCUT2D eigenvalue weighted by Gasteiger charge is 2.47. The molecule has 1 aromatic rings. The van der Waals surface area contributed by atoms with Crippen LogP contribution in [0.2, 0.25) is 5.02 Å². The molecule has 0 aromatic heterocycles. The van der Waals surface area contributed by atoms with Gasteiger partial charge in [-0.05, 0) is 38.0 Å². The van der Waals surface area contributed by atoms with Crippen molar-refractivity contribution in [2.45, 2.75) is 62.6 Å². The molecule has 6 nitrogen and oxygen atoms in total. The molecule has 1 saturated carbocycles. The van der Waals surface area contributed by atoms with Gasteiger partial charge in [-0.25, -0.2) is 8.78 Å². The Kier molecular flexibility index (Phi) is 6.34. The number of carbonyl (C=O) groups excluding carboxylic acids is 2. The molecule has 2 N–H and O–H groups in total. The third-order valence-electron chi connectivity index (χ3n) is 5.47. The van der Waals surface area contributed by atoms with Crippen molar-refractivity contribution in [1.82, 2.24) is 15.5 Å². The van der Waals surface area contributed by atoms with Gasteiger partial charge in [-0.2, -0.15) is 5.26 Å². The van der Waals surface area contributed by atoms with E-state index in [4.69, 9.17) is 16.9 Å². The molecule has 2 aliphatic rings. The van der Waals surface area contributed by atoms with E-state index in [0.717, 1.165) is 16.9 Å². The van der Waals surface area contributed by atoms with Crippen LogP contribution in [0, 0.1) is 11.3 Å². The Morgan fingerprint density at radius 2 is 2.13 bits per heavy atom. The normalized spacial score (nSPS) is 24.9. The summed E-state index contributed by atoms with van der Waals surface area (Å²) in [6, 6.07) is 8.24. The Bertz CT molecular complexity index is 871. The fourth-order valence-corrected chi connectivity index (χ4v) is 3.99. The van der Waals surface area contributed by atoms with Crippen LogP contribution in [0.3, 0.4) is 0 Å². The van der Waals surface area contributed by atoms with Gasteiger partial charge in [-0.1, -0.05) is 23.7 Å². The number of likely N-dealkylation sites (tertiary alicyclic amines) is 1. The molecule has 0 spiro atoms. The minimum absolute atomic E-state index is 0.0524. The molecular weight excluding hydrogens is 414 g/mol. The van der Waals surface area contributed by atoms with Crippen LogP contribution < -0.4 is 10.6 Å². The predicted octanol–water partition coefficient (Wildman–Crippen LogP) is 2.83. The second kappa shape index (κ2) is 8.48. The second-order valence-electron chi connectivity index (χ2n) is 8.71. The number of carbonyl (C=O) groups is 2. The first-order valence-electron chi connectivity index (χ1n) is 9.86. The monoisotopic (exact) mass is 438 g/mol. The van der Waals surface area contributed by atoms with Crippen LogP contribution in [0.5, 0.6) is 0 Å². The molecule has 0 bridgehead atoms. The van der Waals surface area contributed by atoms with E-state index in [1.54, 1.807) is 26.0 Å². The molecule has 3 rings (SSSR count). The molecule has 0 radical (unpaired) electrons. The van der Waals surface area contributed by atoms with E-state index >= 15 is 0 Å². The Hall–Kier alpha value is -2.24. The second-order valence-corrected chi connectivity index (χ2v) is 9.15. The van der Waals surface area contributed by atoms with Gasteiger partial charge in [0.2, 0.25) is 11.8 Å². The van der Waals surface area contributed by atoms with Gasteiger partial charge in [-0.15, -0.1) is 0 Å². The van der Waals surface area contributed by atoms with Gasteiger partial charge in [-0.3, -0.25) is 9.59 Å². The average molecular weight is 439 g/mol. The van der Waals surface area contributed by atoms with Crippen molar-refractivity contribution in [1.29, 1.82) is 5.26 Å². The molecule has 1 aromatic carbocycles. The largest absolute Gasteiger partial charge is 0.353 e. The summed E-state index contributed by atoms with van der Waals surface area (Å²) in [6.45, 7) is 2.56. The third kappa shape index (κ3) is 5.67. The summed E-state index contributed by atoms with van der Waals surface area (Å²) in [7, 11) is 0. The standard InChI is InChI=1S/C21H25ClF2N4O2/c1-20(2,26-11-19(30)28-12-21(23,24)8-15(28)10-25)9-18(29)27-17-7-16(17)13-4-3-5-14(22)6-13/h3-6,15-17,26H,7-9,11-12H2,1-2H3,(H,27,29)/t15-,16+,17-/m0/s1. The van der Waals surface area contributed by atoms with E-state index in [-0.39, 0.29) is 30.8 Å². The number of hydrogen-bond donors (Lipinski definition) is 2.